The Morgan fingerprint density at radius 3 is 2.37 bits per heavy atom. The van der Waals surface area contributed by atoms with Gasteiger partial charge >= 0.3 is 12.1 Å². The van der Waals surface area contributed by atoms with E-state index in [0.717, 1.165) is 23.9 Å². The van der Waals surface area contributed by atoms with Crippen LogP contribution in [0.3, 0.4) is 0 Å². The molecule has 0 aliphatic rings. The minimum absolute atomic E-state index is 0.00395. The normalized spacial score (nSPS) is 15.0. The van der Waals surface area contributed by atoms with Crippen molar-refractivity contribution in [2.24, 2.45) is 5.92 Å². The number of thioether (sulfide) groups is 1. The third-order valence-electron chi connectivity index (χ3n) is 2.74. The number of hydrogen-bond acceptors (Lipinski definition) is 3. The molecule has 0 amide bonds. The highest BCUT2D eigenvalue weighted by molar-refractivity contribution is 8.00. The molecule has 0 spiro atoms. The van der Waals surface area contributed by atoms with E-state index in [2.05, 4.69) is 0 Å². The maximum absolute atomic E-state index is 12.5. The van der Waals surface area contributed by atoms with Crippen molar-refractivity contribution in [1.82, 2.24) is 0 Å². The molecule has 19 heavy (non-hydrogen) atoms. The number of carbonyl (C=O) groups is 1. The van der Waals surface area contributed by atoms with E-state index in [1.165, 1.54) is 6.07 Å². The Morgan fingerprint density at radius 2 is 1.95 bits per heavy atom. The van der Waals surface area contributed by atoms with Crippen LogP contribution in [0.4, 0.5) is 18.9 Å². The van der Waals surface area contributed by atoms with Gasteiger partial charge in [0, 0.05) is 15.8 Å². The summed E-state index contributed by atoms with van der Waals surface area (Å²) in [5.74, 6) is -1.57. The highest BCUT2D eigenvalue weighted by Gasteiger charge is 2.31. The highest BCUT2D eigenvalue weighted by Crippen LogP contribution is 2.36. The van der Waals surface area contributed by atoms with Gasteiger partial charge in [0.2, 0.25) is 0 Å². The van der Waals surface area contributed by atoms with Crippen LogP contribution in [0.15, 0.2) is 23.1 Å². The van der Waals surface area contributed by atoms with Gasteiger partial charge in [0.1, 0.15) is 0 Å². The van der Waals surface area contributed by atoms with Gasteiger partial charge in [0.05, 0.1) is 11.5 Å². The van der Waals surface area contributed by atoms with Gasteiger partial charge in [0.25, 0.3) is 0 Å². The van der Waals surface area contributed by atoms with Crippen LogP contribution in [0.2, 0.25) is 0 Å². The Labute approximate surface area is 113 Å². The van der Waals surface area contributed by atoms with Crippen LogP contribution in [0, 0.1) is 5.92 Å². The van der Waals surface area contributed by atoms with Crippen molar-refractivity contribution < 1.29 is 23.1 Å². The van der Waals surface area contributed by atoms with Crippen molar-refractivity contribution in [2.75, 3.05) is 5.73 Å². The van der Waals surface area contributed by atoms with Crippen LogP contribution in [0.1, 0.15) is 19.4 Å². The second kappa shape index (κ2) is 5.73. The maximum Gasteiger partial charge on any atom is 0.416 e. The number of aliphatic carboxylic acids is 1. The summed E-state index contributed by atoms with van der Waals surface area (Å²) < 4.78 is 37.4. The second-order valence-electron chi connectivity index (χ2n) is 4.20. The molecule has 1 aromatic carbocycles. The molecule has 2 atom stereocenters. The number of carboxylic acid groups (broad SMARTS) is 1. The molecule has 0 radical (unpaired) electrons. The predicted octanol–water partition coefficient (Wildman–Crippen LogP) is 3.49. The number of rotatable bonds is 4. The molecule has 0 aromatic heterocycles. The average molecular weight is 293 g/mol. The fourth-order valence-electron chi connectivity index (χ4n) is 1.34. The third kappa shape index (κ3) is 4.05. The summed E-state index contributed by atoms with van der Waals surface area (Å²) in [6, 6.07) is 3.07. The molecule has 0 saturated heterocycles. The largest absolute Gasteiger partial charge is 0.481 e. The Balaban J connectivity index is 2.89. The molecular formula is C12H14F3NO2S. The lowest BCUT2D eigenvalue weighted by molar-refractivity contribution is -0.141. The lowest BCUT2D eigenvalue weighted by atomic mass is 10.1. The molecule has 0 aliphatic heterocycles. The van der Waals surface area contributed by atoms with Crippen LogP contribution in [-0.4, -0.2) is 16.3 Å². The van der Waals surface area contributed by atoms with E-state index in [9.17, 15) is 18.0 Å². The summed E-state index contributed by atoms with van der Waals surface area (Å²) in [5.41, 5.74) is 4.77. The van der Waals surface area contributed by atoms with Crippen molar-refractivity contribution >= 4 is 23.4 Å². The lowest BCUT2D eigenvalue weighted by Gasteiger charge is -2.17. The van der Waals surface area contributed by atoms with E-state index >= 15 is 0 Å². The zero-order valence-electron chi connectivity index (χ0n) is 10.4. The van der Waals surface area contributed by atoms with Crippen LogP contribution >= 0.6 is 11.8 Å². The number of benzene rings is 1. The molecule has 3 nitrogen and oxygen atoms in total. The zero-order chi connectivity index (χ0) is 14.8. The van der Waals surface area contributed by atoms with Crippen molar-refractivity contribution in [3.8, 4) is 0 Å². The van der Waals surface area contributed by atoms with Gasteiger partial charge in [-0.15, -0.1) is 11.8 Å². The molecule has 0 fully saturated rings. The first kappa shape index (κ1) is 15.7. The fraction of sp³-hybridized carbons (Fsp3) is 0.417. The van der Waals surface area contributed by atoms with E-state index in [-0.39, 0.29) is 10.9 Å². The van der Waals surface area contributed by atoms with Crippen LogP contribution in [-0.2, 0) is 11.0 Å². The topological polar surface area (TPSA) is 63.3 Å². The molecule has 3 N–H and O–H groups in total. The first-order valence-electron chi connectivity index (χ1n) is 5.49. The van der Waals surface area contributed by atoms with E-state index in [4.69, 9.17) is 10.8 Å². The minimum atomic E-state index is -4.43. The Hall–Kier alpha value is -1.37. The SMILES string of the molecule is CC(Sc1ccc(C(F)(F)F)cc1N)C(C)C(=O)O. The summed E-state index contributed by atoms with van der Waals surface area (Å²) in [7, 11) is 0. The molecule has 0 heterocycles. The molecule has 1 rings (SSSR count). The monoisotopic (exact) mass is 293 g/mol. The van der Waals surface area contributed by atoms with E-state index in [1.54, 1.807) is 13.8 Å². The number of nitrogens with two attached hydrogens (primary N) is 1. The summed E-state index contributed by atoms with van der Waals surface area (Å²) in [5, 5.41) is 8.56. The molecule has 7 heteroatoms. The average Bonchev–Trinajstić information content (AvgIpc) is 2.29. The third-order valence-corrected chi connectivity index (χ3v) is 4.15. The number of nitrogen functional groups attached to an aromatic ring is 1. The van der Waals surface area contributed by atoms with Crippen LogP contribution in [0.5, 0.6) is 0 Å². The van der Waals surface area contributed by atoms with E-state index < -0.39 is 23.6 Å². The van der Waals surface area contributed by atoms with Gasteiger partial charge in [-0.2, -0.15) is 13.2 Å². The van der Waals surface area contributed by atoms with Gasteiger partial charge in [-0.25, -0.2) is 0 Å². The van der Waals surface area contributed by atoms with E-state index in [0.29, 0.717) is 4.90 Å². The zero-order valence-corrected chi connectivity index (χ0v) is 11.2. The standard InChI is InChI=1S/C12H14F3NO2S/c1-6(11(17)18)7(2)19-10-4-3-8(5-9(10)16)12(13,14)15/h3-7H,16H2,1-2H3,(H,17,18). The second-order valence-corrected chi connectivity index (χ2v) is 5.62. The maximum atomic E-state index is 12.5. The van der Waals surface area contributed by atoms with Gasteiger partial charge in [-0.05, 0) is 18.2 Å². The fourth-order valence-corrected chi connectivity index (χ4v) is 2.40. The molecule has 1 aromatic rings. The summed E-state index contributed by atoms with van der Waals surface area (Å²) in [6.07, 6.45) is -4.43. The molecular weight excluding hydrogens is 279 g/mol. The number of halogens is 3. The Bertz CT molecular complexity index is 477. The van der Waals surface area contributed by atoms with Crippen molar-refractivity contribution in [2.45, 2.75) is 30.2 Å². The Morgan fingerprint density at radius 1 is 1.37 bits per heavy atom. The first-order valence-corrected chi connectivity index (χ1v) is 6.37. The van der Waals surface area contributed by atoms with Crippen molar-refractivity contribution in [3.63, 3.8) is 0 Å². The Kier molecular flexibility index (Phi) is 4.73. The van der Waals surface area contributed by atoms with Crippen LogP contribution in [0.25, 0.3) is 0 Å². The predicted molar refractivity (Wildman–Crippen MR) is 68.0 cm³/mol. The lowest BCUT2D eigenvalue weighted by Crippen LogP contribution is -2.20. The summed E-state index contributed by atoms with van der Waals surface area (Å²) in [6.45, 7) is 3.24. The molecule has 0 saturated carbocycles. The van der Waals surface area contributed by atoms with Gasteiger partial charge in [-0.3, -0.25) is 4.79 Å². The number of anilines is 1. The van der Waals surface area contributed by atoms with Gasteiger partial charge in [-0.1, -0.05) is 13.8 Å². The van der Waals surface area contributed by atoms with Crippen molar-refractivity contribution in [1.29, 1.82) is 0 Å². The quantitative estimate of drug-likeness (QED) is 0.659. The smallest absolute Gasteiger partial charge is 0.416 e. The number of carboxylic acids is 1. The molecule has 0 aliphatic carbocycles. The number of hydrogen-bond donors (Lipinski definition) is 2. The highest BCUT2D eigenvalue weighted by atomic mass is 32.2. The minimum Gasteiger partial charge on any atom is -0.481 e. The molecule has 106 valence electrons. The molecule has 2 unspecified atom stereocenters. The van der Waals surface area contributed by atoms with E-state index in [1.807, 2.05) is 0 Å². The molecule has 0 bridgehead atoms. The van der Waals surface area contributed by atoms with Gasteiger partial charge in [0.15, 0.2) is 0 Å². The van der Waals surface area contributed by atoms with Crippen molar-refractivity contribution in [3.05, 3.63) is 23.8 Å². The number of alkyl halides is 3. The summed E-state index contributed by atoms with van der Waals surface area (Å²) in [4.78, 5) is 11.3. The van der Waals surface area contributed by atoms with Gasteiger partial charge < -0.3 is 10.8 Å². The first-order chi connectivity index (χ1) is 8.62. The van der Waals surface area contributed by atoms with Crippen LogP contribution < -0.4 is 5.73 Å². The summed E-state index contributed by atoms with van der Waals surface area (Å²) >= 11 is 1.15.